The summed E-state index contributed by atoms with van der Waals surface area (Å²) in [4.78, 5) is 21.6. The van der Waals surface area contributed by atoms with Crippen molar-refractivity contribution >= 4 is 56.6 Å². The first-order valence-electron chi connectivity index (χ1n) is 9.64. The number of benzene rings is 2. The highest BCUT2D eigenvalue weighted by atomic mass is 35.5. The number of amides is 1. The molecular formula is C21H21Cl2F2N3O2S. The standard InChI is InChI=1S/C21H20ClF2N3O2S.ClH/c22-17-12-14(23)2-4-16(17)20(28)27(7-1-6-26-8-10-29-11-9-26)21-25-18-5-3-15(24)13-19(18)30-21;/h2-5,12-13H,1,6-11H2;1H. The molecule has 0 bridgehead atoms. The first-order chi connectivity index (χ1) is 14.5. The van der Waals surface area contributed by atoms with Crippen LogP contribution in [0, 0.1) is 11.6 Å². The van der Waals surface area contributed by atoms with Crippen molar-refractivity contribution in [3.8, 4) is 0 Å². The van der Waals surface area contributed by atoms with Crippen LogP contribution in [0.15, 0.2) is 36.4 Å². The number of fused-ring (bicyclic) bond motifs is 1. The summed E-state index contributed by atoms with van der Waals surface area (Å²) < 4.78 is 33.1. The van der Waals surface area contributed by atoms with Crippen LogP contribution >= 0.6 is 35.3 Å². The Kier molecular flexibility index (Phi) is 8.18. The van der Waals surface area contributed by atoms with E-state index in [1.807, 2.05) is 0 Å². The van der Waals surface area contributed by atoms with Crippen LogP contribution in [0.1, 0.15) is 16.8 Å². The van der Waals surface area contributed by atoms with Gasteiger partial charge in [-0.2, -0.15) is 0 Å². The molecule has 0 unspecified atom stereocenters. The third-order valence-corrected chi connectivity index (χ3v) is 6.29. The maximum Gasteiger partial charge on any atom is 0.261 e. The zero-order valence-electron chi connectivity index (χ0n) is 16.5. The Balaban J connectivity index is 0.00000272. The molecule has 0 saturated carbocycles. The highest BCUT2D eigenvalue weighted by molar-refractivity contribution is 7.22. The monoisotopic (exact) mass is 487 g/mol. The molecule has 1 amide bonds. The molecule has 10 heteroatoms. The summed E-state index contributed by atoms with van der Waals surface area (Å²) >= 11 is 7.38. The number of hydrogen-bond acceptors (Lipinski definition) is 5. The first kappa shape index (κ1) is 23.8. The normalized spacial score (nSPS) is 14.4. The van der Waals surface area contributed by atoms with Crippen LogP contribution in [0.4, 0.5) is 13.9 Å². The predicted molar refractivity (Wildman–Crippen MR) is 122 cm³/mol. The van der Waals surface area contributed by atoms with Crippen molar-refractivity contribution in [1.29, 1.82) is 0 Å². The number of hydrogen-bond donors (Lipinski definition) is 0. The quantitative estimate of drug-likeness (QED) is 0.489. The maximum absolute atomic E-state index is 13.6. The van der Waals surface area contributed by atoms with E-state index in [1.165, 1.54) is 35.6 Å². The average Bonchev–Trinajstić information content (AvgIpc) is 3.14. The van der Waals surface area contributed by atoms with Gasteiger partial charge in [-0.15, -0.1) is 12.4 Å². The highest BCUT2D eigenvalue weighted by Gasteiger charge is 2.24. The summed E-state index contributed by atoms with van der Waals surface area (Å²) in [6.07, 6.45) is 0.717. The van der Waals surface area contributed by atoms with Crippen molar-refractivity contribution in [3.63, 3.8) is 0 Å². The average molecular weight is 488 g/mol. The molecular weight excluding hydrogens is 467 g/mol. The van der Waals surface area contributed by atoms with Crippen molar-refractivity contribution < 1.29 is 18.3 Å². The number of rotatable bonds is 6. The zero-order chi connectivity index (χ0) is 21.1. The van der Waals surface area contributed by atoms with Gasteiger partial charge in [0, 0.05) is 26.2 Å². The Bertz CT molecular complexity index is 1060. The maximum atomic E-state index is 13.6. The largest absolute Gasteiger partial charge is 0.379 e. The van der Waals surface area contributed by atoms with Gasteiger partial charge in [0.05, 0.1) is 34.0 Å². The summed E-state index contributed by atoms with van der Waals surface area (Å²) in [5.41, 5.74) is 0.822. The minimum Gasteiger partial charge on any atom is -0.379 e. The third-order valence-electron chi connectivity index (χ3n) is 4.94. The molecule has 4 rings (SSSR count). The summed E-state index contributed by atoms with van der Waals surface area (Å²) in [7, 11) is 0. The van der Waals surface area contributed by atoms with Gasteiger partial charge in [0.25, 0.3) is 5.91 Å². The summed E-state index contributed by atoms with van der Waals surface area (Å²) in [6.45, 7) is 4.35. The molecule has 3 aromatic rings. The zero-order valence-corrected chi connectivity index (χ0v) is 18.9. The fourth-order valence-corrected chi connectivity index (χ4v) is 4.63. The number of anilines is 1. The van der Waals surface area contributed by atoms with E-state index >= 15 is 0 Å². The number of morpholine rings is 1. The van der Waals surface area contributed by atoms with Crippen LogP contribution in [0.3, 0.4) is 0 Å². The molecule has 2 heterocycles. The molecule has 1 saturated heterocycles. The van der Waals surface area contributed by atoms with Crippen LogP contribution in [0.5, 0.6) is 0 Å². The fraction of sp³-hybridized carbons (Fsp3) is 0.333. The van der Waals surface area contributed by atoms with Gasteiger partial charge < -0.3 is 4.74 Å². The van der Waals surface area contributed by atoms with Crippen LogP contribution in [0.25, 0.3) is 10.2 Å². The molecule has 166 valence electrons. The van der Waals surface area contributed by atoms with Gasteiger partial charge in [0.1, 0.15) is 11.6 Å². The Labute approximate surface area is 194 Å². The van der Waals surface area contributed by atoms with Gasteiger partial charge in [0.15, 0.2) is 5.13 Å². The fourth-order valence-electron chi connectivity index (χ4n) is 3.37. The lowest BCUT2D eigenvalue weighted by molar-refractivity contribution is 0.0376. The Morgan fingerprint density at radius 2 is 1.87 bits per heavy atom. The molecule has 2 aromatic carbocycles. The molecule has 0 spiro atoms. The van der Waals surface area contributed by atoms with Gasteiger partial charge in [-0.3, -0.25) is 14.6 Å². The molecule has 1 aliphatic heterocycles. The number of ether oxygens (including phenoxy) is 1. The molecule has 1 aromatic heterocycles. The van der Waals surface area contributed by atoms with Gasteiger partial charge in [-0.1, -0.05) is 22.9 Å². The van der Waals surface area contributed by atoms with Gasteiger partial charge in [-0.05, 0) is 42.8 Å². The number of thiazole rings is 1. The van der Waals surface area contributed by atoms with E-state index in [2.05, 4.69) is 9.88 Å². The number of carbonyl (C=O) groups excluding carboxylic acids is 1. The van der Waals surface area contributed by atoms with Crippen molar-refractivity contribution in [1.82, 2.24) is 9.88 Å². The summed E-state index contributed by atoms with van der Waals surface area (Å²) in [5.74, 6) is -1.23. The summed E-state index contributed by atoms with van der Waals surface area (Å²) in [6, 6.07) is 8.03. The Hall–Kier alpha value is -1.84. The van der Waals surface area contributed by atoms with E-state index in [0.29, 0.717) is 35.1 Å². The second kappa shape index (κ2) is 10.7. The van der Waals surface area contributed by atoms with Crippen molar-refractivity contribution in [2.24, 2.45) is 0 Å². The molecule has 0 N–H and O–H groups in total. The van der Waals surface area contributed by atoms with Crippen molar-refractivity contribution in [2.75, 3.05) is 44.3 Å². The van der Waals surface area contributed by atoms with Crippen LogP contribution < -0.4 is 4.90 Å². The number of aromatic nitrogens is 1. The summed E-state index contributed by atoms with van der Waals surface area (Å²) in [5, 5.41) is 0.508. The second-order valence-corrected chi connectivity index (χ2v) is 8.41. The molecule has 5 nitrogen and oxygen atoms in total. The minimum atomic E-state index is -0.508. The molecule has 31 heavy (non-hydrogen) atoms. The van der Waals surface area contributed by atoms with Gasteiger partial charge in [-0.25, -0.2) is 13.8 Å². The molecule has 1 aliphatic rings. The Morgan fingerprint density at radius 3 is 2.61 bits per heavy atom. The highest BCUT2D eigenvalue weighted by Crippen LogP contribution is 2.31. The van der Waals surface area contributed by atoms with E-state index in [1.54, 1.807) is 11.0 Å². The van der Waals surface area contributed by atoms with Crippen molar-refractivity contribution in [3.05, 3.63) is 58.6 Å². The van der Waals surface area contributed by atoms with Crippen LogP contribution in [0.2, 0.25) is 5.02 Å². The SMILES string of the molecule is Cl.O=C(c1ccc(F)cc1Cl)N(CCCN1CCOCC1)c1nc2ccc(F)cc2s1. The van der Waals surface area contributed by atoms with E-state index < -0.39 is 5.82 Å². The number of nitrogens with zero attached hydrogens (tertiary/aromatic N) is 3. The lowest BCUT2D eigenvalue weighted by Gasteiger charge is -2.27. The van der Waals surface area contributed by atoms with Gasteiger partial charge >= 0.3 is 0 Å². The molecule has 0 radical (unpaired) electrons. The molecule has 0 aliphatic carbocycles. The van der Waals surface area contributed by atoms with Crippen LogP contribution in [-0.4, -0.2) is 55.2 Å². The first-order valence-corrected chi connectivity index (χ1v) is 10.8. The van der Waals surface area contributed by atoms with Crippen molar-refractivity contribution in [2.45, 2.75) is 6.42 Å². The third kappa shape index (κ3) is 5.70. The Morgan fingerprint density at radius 1 is 1.16 bits per heavy atom. The van der Waals surface area contributed by atoms with E-state index in [-0.39, 0.29) is 34.7 Å². The lowest BCUT2D eigenvalue weighted by atomic mass is 10.2. The lowest BCUT2D eigenvalue weighted by Crippen LogP contribution is -2.39. The van der Waals surface area contributed by atoms with E-state index in [4.69, 9.17) is 16.3 Å². The number of carbonyl (C=O) groups is 1. The molecule has 0 atom stereocenters. The smallest absolute Gasteiger partial charge is 0.261 e. The van der Waals surface area contributed by atoms with E-state index in [9.17, 15) is 13.6 Å². The topological polar surface area (TPSA) is 45.7 Å². The predicted octanol–water partition coefficient (Wildman–Crippen LogP) is 5.02. The second-order valence-electron chi connectivity index (χ2n) is 7.00. The molecule has 1 fully saturated rings. The van der Waals surface area contributed by atoms with Crippen LogP contribution in [-0.2, 0) is 4.74 Å². The van der Waals surface area contributed by atoms with E-state index in [0.717, 1.165) is 32.1 Å². The van der Waals surface area contributed by atoms with Gasteiger partial charge in [0.2, 0.25) is 0 Å². The number of halogens is 4. The minimum absolute atomic E-state index is 0.